The molecule has 1 aliphatic heterocycles. The summed E-state index contributed by atoms with van der Waals surface area (Å²) in [4.78, 5) is 29.2. The summed E-state index contributed by atoms with van der Waals surface area (Å²) in [6, 6.07) is 37.0. The molecule has 6 rings (SSSR count). The molecule has 8 nitrogen and oxygen atoms in total. The van der Waals surface area contributed by atoms with E-state index in [1.807, 2.05) is 54.4 Å². The minimum Gasteiger partial charge on any atom is -0.493 e. The first-order valence-electron chi connectivity index (χ1n) is 16.7. The number of amides is 1. The summed E-state index contributed by atoms with van der Waals surface area (Å²) >= 11 is 7.94. The Morgan fingerprint density at radius 2 is 1.42 bits per heavy atom. The molecule has 0 atom stereocenters. The van der Waals surface area contributed by atoms with Crippen LogP contribution in [-0.2, 0) is 12.2 Å². The molecule has 0 radical (unpaired) electrons. The summed E-state index contributed by atoms with van der Waals surface area (Å²) in [5.74, 6) is 2.90. The van der Waals surface area contributed by atoms with Gasteiger partial charge in [-0.05, 0) is 52.9 Å². The molecule has 0 unspecified atom stereocenters. The topological polar surface area (TPSA) is 71.0 Å². The molecule has 1 saturated heterocycles. The molecule has 5 aromatic rings. The van der Waals surface area contributed by atoms with Crippen LogP contribution < -0.4 is 14.4 Å². The van der Waals surface area contributed by atoms with Gasteiger partial charge in [-0.25, -0.2) is 9.97 Å². The number of halogens is 1. The van der Waals surface area contributed by atoms with Gasteiger partial charge in [-0.1, -0.05) is 102 Å². The zero-order chi connectivity index (χ0) is 34.9. The molecule has 258 valence electrons. The van der Waals surface area contributed by atoms with Gasteiger partial charge in [0.15, 0.2) is 16.7 Å². The Morgan fingerprint density at radius 3 is 2.04 bits per heavy atom. The molecule has 1 aliphatic rings. The van der Waals surface area contributed by atoms with Crippen LogP contribution in [0.1, 0.15) is 38.7 Å². The summed E-state index contributed by atoms with van der Waals surface area (Å²) in [5.41, 5.74) is 5.45. The van der Waals surface area contributed by atoms with Crippen molar-refractivity contribution in [2.24, 2.45) is 0 Å². The van der Waals surface area contributed by atoms with E-state index in [2.05, 4.69) is 75.4 Å². The fourth-order valence-corrected chi connectivity index (χ4v) is 7.27. The molecule has 1 amide bonds. The third kappa shape index (κ3) is 8.77. The van der Waals surface area contributed by atoms with E-state index in [0.717, 1.165) is 43.0 Å². The number of hydrogen-bond donors (Lipinski definition) is 0. The number of benzene rings is 4. The Bertz CT molecular complexity index is 1820. The molecular weight excluding hydrogens is 666 g/mol. The first kappa shape index (κ1) is 35.3. The van der Waals surface area contributed by atoms with Gasteiger partial charge >= 0.3 is 0 Å². The fourth-order valence-electron chi connectivity index (χ4n) is 6.23. The van der Waals surface area contributed by atoms with Crippen LogP contribution in [0.4, 0.5) is 5.82 Å². The minimum atomic E-state index is 0.0683. The summed E-state index contributed by atoms with van der Waals surface area (Å²) in [5, 5.41) is 1.00. The average Bonchev–Trinajstić information content (AvgIpc) is 3.17. The Hall–Kier alpha value is -4.57. The van der Waals surface area contributed by atoms with Crippen molar-refractivity contribution in [2.75, 3.05) is 58.9 Å². The second-order valence-electron chi connectivity index (χ2n) is 12.2. The Morgan fingerprint density at radius 1 is 0.800 bits per heavy atom. The van der Waals surface area contributed by atoms with Gasteiger partial charge in [0, 0.05) is 57.2 Å². The van der Waals surface area contributed by atoms with E-state index in [-0.39, 0.29) is 11.9 Å². The van der Waals surface area contributed by atoms with Gasteiger partial charge in [0.05, 0.1) is 20.3 Å². The number of nitrogens with zero attached hydrogens (tertiary/aromatic N) is 5. The number of hydrogen-bond acceptors (Lipinski definition) is 8. The molecule has 0 aliphatic carbocycles. The van der Waals surface area contributed by atoms with E-state index < -0.39 is 0 Å². The Balaban J connectivity index is 1.02. The van der Waals surface area contributed by atoms with Crippen LogP contribution in [0.5, 0.6) is 11.5 Å². The summed E-state index contributed by atoms with van der Waals surface area (Å²) in [6.07, 6.45) is 0.795. The highest BCUT2D eigenvalue weighted by atomic mass is 35.5. The maximum atomic E-state index is 13.5. The lowest BCUT2D eigenvalue weighted by molar-refractivity contribution is 0.0597. The monoisotopic (exact) mass is 707 g/mol. The highest BCUT2D eigenvalue weighted by Crippen LogP contribution is 2.31. The normalized spacial score (nSPS) is 13.3. The molecule has 0 saturated carbocycles. The van der Waals surface area contributed by atoms with Crippen molar-refractivity contribution in [1.82, 2.24) is 19.8 Å². The molecule has 4 aromatic carbocycles. The maximum absolute atomic E-state index is 13.5. The Labute approximate surface area is 304 Å². The van der Waals surface area contributed by atoms with Gasteiger partial charge in [0.1, 0.15) is 11.0 Å². The van der Waals surface area contributed by atoms with E-state index in [0.29, 0.717) is 46.2 Å². The van der Waals surface area contributed by atoms with Gasteiger partial charge in [0.25, 0.3) is 5.91 Å². The molecular formula is C40H42ClN5O3S. The van der Waals surface area contributed by atoms with Crippen LogP contribution in [0, 0.1) is 0 Å². The van der Waals surface area contributed by atoms with E-state index in [9.17, 15) is 4.79 Å². The van der Waals surface area contributed by atoms with Crippen LogP contribution in [0.25, 0.3) is 0 Å². The maximum Gasteiger partial charge on any atom is 0.253 e. The third-order valence-corrected chi connectivity index (χ3v) is 10.1. The molecule has 2 heterocycles. The highest BCUT2D eigenvalue weighted by molar-refractivity contribution is 7.98. The first-order valence-corrected chi connectivity index (χ1v) is 18.1. The number of anilines is 1. The van der Waals surface area contributed by atoms with Gasteiger partial charge in [-0.15, -0.1) is 0 Å². The SMILES string of the molecule is COc1ccc(CCN(C)c2cc(Cl)nc(SCc3ccc(C(=O)N4CCN(C(c5ccccc5)c5ccccc5)CC4)cc3)n2)cc1OC. The average molecular weight is 708 g/mol. The van der Waals surface area contributed by atoms with Crippen molar-refractivity contribution in [3.05, 3.63) is 142 Å². The van der Waals surface area contributed by atoms with Crippen LogP contribution in [0.3, 0.4) is 0 Å². The van der Waals surface area contributed by atoms with Crippen molar-refractivity contribution in [2.45, 2.75) is 23.4 Å². The van der Waals surface area contributed by atoms with Crippen molar-refractivity contribution in [1.29, 1.82) is 0 Å². The quantitative estimate of drug-likeness (QED) is 0.0702. The molecule has 0 N–H and O–H groups in total. The van der Waals surface area contributed by atoms with Crippen LogP contribution >= 0.6 is 23.4 Å². The highest BCUT2D eigenvalue weighted by Gasteiger charge is 2.28. The molecule has 1 fully saturated rings. The number of piperazine rings is 1. The van der Waals surface area contributed by atoms with Gasteiger partial charge in [-0.2, -0.15) is 0 Å². The Kier molecular flexibility index (Phi) is 11.9. The summed E-state index contributed by atoms with van der Waals surface area (Å²) < 4.78 is 10.8. The van der Waals surface area contributed by atoms with Crippen molar-refractivity contribution >= 4 is 35.1 Å². The van der Waals surface area contributed by atoms with Crippen LogP contribution in [-0.4, -0.2) is 79.7 Å². The number of likely N-dealkylation sites (N-methyl/N-ethyl adjacent to an activating group) is 1. The first-order chi connectivity index (χ1) is 24.4. The minimum absolute atomic E-state index is 0.0683. The third-order valence-electron chi connectivity index (χ3n) is 9.00. The lowest BCUT2D eigenvalue weighted by Crippen LogP contribution is -2.49. The van der Waals surface area contributed by atoms with E-state index in [1.165, 1.54) is 22.9 Å². The van der Waals surface area contributed by atoms with Gasteiger partial charge in [0.2, 0.25) is 0 Å². The van der Waals surface area contributed by atoms with Crippen LogP contribution in [0.2, 0.25) is 5.15 Å². The zero-order valence-electron chi connectivity index (χ0n) is 28.7. The van der Waals surface area contributed by atoms with Crippen LogP contribution in [0.15, 0.2) is 114 Å². The number of thioether (sulfide) groups is 1. The number of carbonyl (C=O) groups excluding carboxylic acids is 1. The van der Waals surface area contributed by atoms with Crippen molar-refractivity contribution in [3.63, 3.8) is 0 Å². The van der Waals surface area contributed by atoms with Gasteiger partial charge < -0.3 is 19.3 Å². The molecule has 0 bridgehead atoms. The predicted molar refractivity (Wildman–Crippen MR) is 202 cm³/mol. The number of carbonyl (C=O) groups is 1. The second-order valence-corrected chi connectivity index (χ2v) is 13.6. The van der Waals surface area contributed by atoms with E-state index >= 15 is 0 Å². The summed E-state index contributed by atoms with van der Waals surface area (Å²) in [7, 11) is 5.27. The zero-order valence-corrected chi connectivity index (χ0v) is 30.2. The predicted octanol–water partition coefficient (Wildman–Crippen LogP) is 7.67. The number of ether oxygens (including phenoxy) is 2. The summed E-state index contributed by atoms with van der Waals surface area (Å²) in [6.45, 7) is 3.72. The fraction of sp³-hybridized carbons (Fsp3) is 0.275. The molecule has 10 heteroatoms. The molecule has 50 heavy (non-hydrogen) atoms. The van der Waals surface area contributed by atoms with Crippen molar-refractivity contribution in [3.8, 4) is 11.5 Å². The number of methoxy groups -OCH3 is 2. The van der Waals surface area contributed by atoms with E-state index in [1.54, 1.807) is 20.3 Å². The lowest BCUT2D eigenvalue weighted by atomic mass is 9.96. The largest absolute Gasteiger partial charge is 0.493 e. The lowest BCUT2D eigenvalue weighted by Gasteiger charge is -2.39. The second kappa shape index (κ2) is 16.9. The molecule has 1 aromatic heterocycles. The number of aromatic nitrogens is 2. The van der Waals surface area contributed by atoms with Crippen molar-refractivity contribution < 1.29 is 14.3 Å². The smallest absolute Gasteiger partial charge is 0.253 e. The standard InChI is InChI=1S/C40H42ClN5O3S/c1-44(21-20-29-16-19-34(48-2)35(26-29)49-3)37-27-36(41)42-40(43-37)50-28-30-14-17-33(18-15-30)39(47)46-24-22-45(23-25-46)38(31-10-6-4-7-11-31)32-12-8-5-9-13-32/h4-19,26-27,38H,20-25,28H2,1-3H3. The van der Waals surface area contributed by atoms with E-state index in [4.69, 9.17) is 26.1 Å². The van der Waals surface area contributed by atoms with Gasteiger partial charge in [-0.3, -0.25) is 9.69 Å². The number of rotatable bonds is 13. The molecule has 0 spiro atoms.